The number of alkyl halides is 3. The molecule has 1 amide bonds. The van der Waals surface area contributed by atoms with Crippen LogP contribution in [0, 0.1) is 13.8 Å². The Bertz CT molecular complexity index is 1310. The predicted molar refractivity (Wildman–Crippen MR) is 120 cm³/mol. The van der Waals surface area contributed by atoms with Crippen molar-refractivity contribution in [1.82, 2.24) is 9.55 Å². The van der Waals surface area contributed by atoms with E-state index in [1.807, 2.05) is 56.3 Å². The molecule has 3 aromatic carbocycles. The number of hydrogen-bond donors (Lipinski definition) is 1. The molecule has 0 aliphatic rings. The number of halogens is 3. The van der Waals surface area contributed by atoms with E-state index in [4.69, 9.17) is 4.74 Å². The molecule has 8 heteroatoms. The summed E-state index contributed by atoms with van der Waals surface area (Å²) in [5, 5.41) is 2.55. The average molecular weight is 453 g/mol. The molecule has 0 radical (unpaired) electrons. The summed E-state index contributed by atoms with van der Waals surface area (Å²) in [4.78, 5) is 17.3. The number of aryl methyl sites for hydroxylation is 2. The first-order valence-electron chi connectivity index (χ1n) is 10.3. The molecule has 0 saturated heterocycles. The van der Waals surface area contributed by atoms with Gasteiger partial charge in [0.1, 0.15) is 24.7 Å². The number of nitrogens with zero attached hydrogens (tertiary/aromatic N) is 2. The van der Waals surface area contributed by atoms with Crippen LogP contribution in [0.4, 0.5) is 18.9 Å². The fourth-order valence-corrected chi connectivity index (χ4v) is 3.53. The largest absolute Gasteiger partial charge is 0.485 e. The van der Waals surface area contributed by atoms with Crippen LogP contribution in [-0.2, 0) is 24.1 Å². The van der Waals surface area contributed by atoms with Gasteiger partial charge in [0, 0.05) is 5.69 Å². The van der Waals surface area contributed by atoms with E-state index in [0.717, 1.165) is 34.5 Å². The van der Waals surface area contributed by atoms with Gasteiger partial charge in [-0.15, -0.1) is 0 Å². The maximum Gasteiger partial charge on any atom is 0.416 e. The quantitative estimate of drug-likeness (QED) is 0.396. The molecule has 1 N–H and O–H groups in total. The van der Waals surface area contributed by atoms with E-state index in [9.17, 15) is 18.0 Å². The van der Waals surface area contributed by atoms with Gasteiger partial charge in [-0.2, -0.15) is 13.2 Å². The number of anilines is 1. The second-order valence-corrected chi connectivity index (χ2v) is 7.79. The first-order valence-corrected chi connectivity index (χ1v) is 10.3. The molecule has 1 heterocycles. The molecule has 33 heavy (non-hydrogen) atoms. The summed E-state index contributed by atoms with van der Waals surface area (Å²) in [6.45, 7) is 3.93. The normalized spacial score (nSPS) is 11.5. The third-order valence-electron chi connectivity index (χ3n) is 5.21. The van der Waals surface area contributed by atoms with Gasteiger partial charge in [0.05, 0.1) is 16.6 Å². The lowest BCUT2D eigenvalue weighted by Gasteiger charge is -2.13. The number of fused-ring (bicyclic) bond motifs is 1. The van der Waals surface area contributed by atoms with E-state index in [1.165, 1.54) is 12.1 Å². The lowest BCUT2D eigenvalue weighted by Crippen LogP contribution is -2.21. The zero-order valence-corrected chi connectivity index (χ0v) is 18.1. The van der Waals surface area contributed by atoms with Crippen molar-refractivity contribution < 1.29 is 22.7 Å². The Kier molecular flexibility index (Phi) is 6.09. The van der Waals surface area contributed by atoms with Gasteiger partial charge in [0.25, 0.3) is 0 Å². The van der Waals surface area contributed by atoms with Crippen LogP contribution in [-0.4, -0.2) is 15.5 Å². The summed E-state index contributed by atoms with van der Waals surface area (Å²) in [6.07, 6.45) is -4.49. The van der Waals surface area contributed by atoms with Crippen molar-refractivity contribution in [2.75, 3.05) is 5.32 Å². The van der Waals surface area contributed by atoms with Crippen molar-refractivity contribution in [3.8, 4) is 5.75 Å². The van der Waals surface area contributed by atoms with Gasteiger partial charge in [0.15, 0.2) is 0 Å². The van der Waals surface area contributed by atoms with Crippen LogP contribution in [0.15, 0.2) is 66.7 Å². The Labute approximate surface area is 188 Å². The molecule has 0 spiro atoms. The van der Waals surface area contributed by atoms with Gasteiger partial charge >= 0.3 is 6.18 Å². The highest BCUT2D eigenvalue weighted by Crippen LogP contribution is 2.30. The second-order valence-electron chi connectivity index (χ2n) is 7.79. The molecule has 0 unspecified atom stereocenters. The number of amides is 1. The van der Waals surface area contributed by atoms with Gasteiger partial charge in [-0.3, -0.25) is 4.79 Å². The minimum absolute atomic E-state index is 0.0763. The smallest absolute Gasteiger partial charge is 0.416 e. The Balaban J connectivity index is 1.57. The predicted octanol–water partition coefficient (Wildman–Crippen LogP) is 5.89. The maximum absolute atomic E-state index is 13.0. The lowest BCUT2D eigenvalue weighted by atomic mass is 10.1. The van der Waals surface area contributed by atoms with Gasteiger partial charge in [0.2, 0.25) is 5.91 Å². The highest BCUT2D eigenvalue weighted by Gasteiger charge is 2.30. The van der Waals surface area contributed by atoms with Crippen LogP contribution in [0.25, 0.3) is 11.0 Å². The molecule has 0 atom stereocenters. The molecule has 5 nitrogen and oxygen atoms in total. The lowest BCUT2D eigenvalue weighted by molar-refractivity contribution is -0.137. The average Bonchev–Trinajstić information content (AvgIpc) is 3.11. The summed E-state index contributed by atoms with van der Waals surface area (Å²) < 4.78 is 46.6. The number of aromatic nitrogens is 2. The molecule has 170 valence electrons. The van der Waals surface area contributed by atoms with Crippen molar-refractivity contribution in [3.05, 3.63) is 89.2 Å². The topological polar surface area (TPSA) is 56.2 Å². The second kappa shape index (κ2) is 8.97. The molecule has 1 aromatic heterocycles. The molecule has 0 aliphatic heterocycles. The van der Waals surface area contributed by atoms with Crippen molar-refractivity contribution >= 4 is 22.6 Å². The maximum atomic E-state index is 13.0. The molecule has 4 aromatic rings. The SMILES string of the molecule is Cc1ccc(C)c(OCc2nc3ccccc3n2CC(=O)Nc2cccc(C(F)(F)F)c2)c1. The van der Waals surface area contributed by atoms with E-state index in [-0.39, 0.29) is 18.8 Å². The van der Waals surface area contributed by atoms with Crippen LogP contribution >= 0.6 is 0 Å². The van der Waals surface area contributed by atoms with Crippen LogP contribution in [0.1, 0.15) is 22.5 Å². The third-order valence-corrected chi connectivity index (χ3v) is 5.21. The van der Waals surface area contributed by atoms with Crippen molar-refractivity contribution in [1.29, 1.82) is 0 Å². The van der Waals surface area contributed by atoms with E-state index in [2.05, 4.69) is 10.3 Å². The number of nitrogens with one attached hydrogen (secondary N) is 1. The third kappa shape index (κ3) is 5.16. The van der Waals surface area contributed by atoms with Crippen molar-refractivity contribution in [2.24, 2.45) is 0 Å². The molecule has 0 bridgehead atoms. The van der Waals surface area contributed by atoms with Crippen LogP contribution in [0.2, 0.25) is 0 Å². The minimum Gasteiger partial charge on any atom is -0.485 e. The number of benzene rings is 3. The summed E-state index contributed by atoms with van der Waals surface area (Å²) in [5.41, 5.74) is 2.72. The summed E-state index contributed by atoms with van der Waals surface area (Å²) >= 11 is 0. The Hall–Kier alpha value is -3.81. The summed E-state index contributed by atoms with van der Waals surface area (Å²) in [6, 6.07) is 17.8. The fourth-order valence-electron chi connectivity index (χ4n) is 3.53. The molecule has 0 saturated carbocycles. The zero-order chi connectivity index (χ0) is 23.6. The van der Waals surface area contributed by atoms with Gasteiger partial charge < -0.3 is 14.6 Å². The Morgan fingerprint density at radius 2 is 1.82 bits per heavy atom. The molecular weight excluding hydrogens is 431 g/mol. The Morgan fingerprint density at radius 3 is 2.61 bits per heavy atom. The van der Waals surface area contributed by atoms with E-state index in [0.29, 0.717) is 11.3 Å². The number of hydrogen-bond acceptors (Lipinski definition) is 3. The molecular formula is C25H22F3N3O2. The first kappa shape index (κ1) is 22.4. The van der Waals surface area contributed by atoms with Gasteiger partial charge in [-0.1, -0.05) is 30.3 Å². The molecule has 0 fully saturated rings. The number of para-hydroxylation sites is 2. The highest BCUT2D eigenvalue weighted by atomic mass is 19.4. The van der Waals surface area contributed by atoms with E-state index < -0.39 is 17.6 Å². The van der Waals surface area contributed by atoms with Gasteiger partial charge in [-0.05, 0) is 61.4 Å². The Morgan fingerprint density at radius 1 is 1.03 bits per heavy atom. The number of ether oxygens (including phenoxy) is 1. The molecule has 0 aliphatic carbocycles. The zero-order valence-electron chi connectivity index (χ0n) is 18.1. The number of carbonyl (C=O) groups is 1. The minimum atomic E-state index is -4.49. The van der Waals surface area contributed by atoms with E-state index in [1.54, 1.807) is 4.57 Å². The van der Waals surface area contributed by atoms with E-state index >= 15 is 0 Å². The van der Waals surface area contributed by atoms with Crippen LogP contribution in [0.5, 0.6) is 5.75 Å². The van der Waals surface area contributed by atoms with Crippen LogP contribution in [0.3, 0.4) is 0 Å². The summed E-state index contributed by atoms with van der Waals surface area (Å²) in [5.74, 6) is 0.795. The molecule has 4 rings (SSSR count). The van der Waals surface area contributed by atoms with Crippen molar-refractivity contribution in [3.63, 3.8) is 0 Å². The number of rotatable bonds is 6. The van der Waals surface area contributed by atoms with Crippen LogP contribution < -0.4 is 10.1 Å². The van der Waals surface area contributed by atoms with Gasteiger partial charge in [-0.25, -0.2) is 4.98 Å². The van der Waals surface area contributed by atoms with Crippen molar-refractivity contribution in [2.45, 2.75) is 33.2 Å². The first-order chi connectivity index (χ1) is 15.7. The number of imidazole rings is 1. The standard InChI is InChI=1S/C25H22F3N3O2/c1-16-10-11-17(2)22(12-16)33-15-23-30-20-8-3-4-9-21(20)31(23)14-24(32)29-19-7-5-6-18(13-19)25(26,27)28/h3-13H,14-15H2,1-2H3,(H,29,32). The number of carbonyl (C=O) groups excluding carboxylic acids is 1. The fraction of sp³-hybridized carbons (Fsp3) is 0.200. The highest BCUT2D eigenvalue weighted by molar-refractivity contribution is 5.91. The monoisotopic (exact) mass is 453 g/mol. The summed E-state index contributed by atoms with van der Waals surface area (Å²) in [7, 11) is 0.